The lowest BCUT2D eigenvalue weighted by Crippen LogP contribution is -2.31. The molecule has 4 heteroatoms. The van der Waals surface area contributed by atoms with Gasteiger partial charge in [0.05, 0.1) is 6.54 Å². The van der Waals surface area contributed by atoms with Crippen LogP contribution < -0.4 is 5.32 Å². The quantitative estimate of drug-likeness (QED) is 0.488. The Balaban J connectivity index is 1.54. The lowest BCUT2D eigenvalue weighted by molar-refractivity contribution is -0.0264. The summed E-state index contributed by atoms with van der Waals surface area (Å²) < 4.78 is 0. The lowest BCUT2D eigenvalue weighted by Gasteiger charge is -2.13. The molecule has 0 unspecified atom stereocenters. The van der Waals surface area contributed by atoms with Crippen LogP contribution in [0.5, 0.6) is 0 Å². The van der Waals surface area contributed by atoms with Gasteiger partial charge in [-0.1, -0.05) is 84.9 Å². The van der Waals surface area contributed by atoms with Gasteiger partial charge >= 0.3 is 6.03 Å². The molecule has 4 nitrogen and oxygen atoms in total. The van der Waals surface area contributed by atoms with Crippen molar-refractivity contribution in [1.82, 2.24) is 5.06 Å². The van der Waals surface area contributed by atoms with Crippen LogP contribution in [0.2, 0.25) is 0 Å². The van der Waals surface area contributed by atoms with Crippen LogP contribution in [-0.4, -0.2) is 22.8 Å². The Kier molecular flexibility index (Phi) is 5.80. The predicted molar refractivity (Wildman–Crippen MR) is 105 cm³/mol. The Morgan fingerprint density at radius 3 is 2.08 bits per heavy atom. The van der Waals surface area contributed by atoms with Gasteiger partial charge < -0.3 is 5.32 Å². The molecule has 0 bridgehead atoms. The van der Waals surface area contributed by atoms with Gasteiger partial charge in [-0.25, -0.2) is 9.86 Å². The Labute approximate surface area is 153 Å². The third-order valence-corrected chi connectivity index (χ3v) is 3.87. The first-order valence-electron chi connectivity index (χ1n) is 8.37. The smallest absolute Gasteiger partial charge is 0.306 e. The normalized spacial score (nSPS) is 10.7. The van der Waals surface area contributed by atoms with Gasteiger partial charge in [0.25, 0.3) is 0 Å². The fourth-order valence-electron chi connectivity index (χ4n) is 2.50. The van der Waals surface area contributed by atoms with Gasteiger partial charge in [0, 0.05) is 5.69 Å². The van der Waals surface area contributed by atoms with Crippen molar-refractivity contribution >= 4 is 17.8 Å². The molecule has 0 atom stereocenters. The number of rotatable bonds is 5. The van der Waals surface area contributed by atoms with Crippen molar-refractivity contribution in [1.29, 1.82) is 0 Å². The summed E-state index contributed by atoms with van der Waals surface area (Å²) in [6.45, 7) is 0.0963. The number of urea groups is 1. The topological polar surface area (TPSA) is 52.6 Å². The third-order valence-electron chi connectivity index (χ3n) is 3.87. The zero-order valence-electron chi connectivity index (χ0n) is 14.2. The van der Waals surface area contributed by atoms with Crippen LogP contribution >= 0.6 is 0 Å². The summed E-state index contributed by atoms with van der Waals surface area (Å²) in [5, 5.41) is 13.1. The minimum absolute atomic E-state index is 0.0963. The molecular weight excluding hydrogens is 324 g/mol. The van der Waals surface area contributed by atoms with E-state index in [1.807, 2.05) is 66.7 Å². The van der Waals surface area contributed by atoms with Crippen molar-refractivity contribution in [2.24, 2.45) is 0 Å². The standard InChI is InChI=1S/C22H20N2O2/c25-22(23-21-11-5-2-6-12-21)24(26)17-7-8-18-13-15-20(16-14-18)19-9-3-1-4-10-19/h1-16,26H,17H2,(H,23,25). The first-order chi connectivity index (χ1) is 12.7. The molecule has 2 amide bonds. The number of hydrogen-bond donors (Lipinski definition) is 2. The van der Waals surface area contributed by atoms with E-state index in [4.69, 9.17) is 0 Å². The number of hydroxylamine groups is 2. The summed E-state index contributed by atoms with van der Waals surface area (Å²) in [7, 11) is 0. The zero-order chi connectivity index (χ0) is 18.2. The van der Waals surface area contributed by atoms with Gasteiger partial charge in [0.2, 0.25) is 0 Å². The Morgan fingerprint density at radius 2 is 1.42 bits per heavy atom. The number of amides is 2. The summed E-state index contributed by atoms with van der Waals surface area (Å²) in [6.07, 6.45) is 3.61. The fourth-order valence-corrected chi connectivity index (χ4v) is 2.50. The molecule has 2 N–H and O–H groups in total. The van der Waals surface area contributed by atoms with Crippen molar-refractivity contribution in [2.75, 3.05) is 11.9 Å². The highest BCUT2D eigenvalue weighted by Crippen LogP contribution is 2.19. The average Bonchev–Trinajstić information content (AvgIpc) is 2.70. The first-order valence-corrected chi connectivity index (χ1v) is 8.37. The van der Waals surface area contributed by atoms with Gasteiger partial charge in [-0.3, -0.25) is 5.21 Å². The molecule has 0 radical (unpaired) electrons. The number of hydrogen-bond acceptors (Lipinski definition) is 2. The Morgan fingerprint density at radius 1 is 0.846 bits per heavy atom. The van der Waals surface area contributed by atoms with Crippen molar-refractivity contribution in [3.63, 3.8) is 0 Å². The molecule has 0 aromatic heterocycles. The van der Waals surface area contributed by atoms with Gasteiger partial charge in [-0.05, 0) is 28.8 Å². The zero-order valence-corrected chi connectivity index (χ0v) is 14.2. The minimum Gasteiger partial charge on any atom is -0.306 e. The number of anilines is 1. The summed E-state index contributed by atoms with van der Waals surface area (Å²) >= 11 is 0. The summed E-state index contributed by atoms with van der Waals surface area (Å²) in [5.74, 6) is 0. The largest absolute Gasteiger partial charge is 0.345 e. The first kappa shape index (κ1) is 17.5. The van der Waals surface area contributed by atoms with E-state index in [1.54, 1.807) is 18.2 Å². The van der Waals surface area contributed by atoms with Crippen LogP contribution in [-0.2, 0) is 0 Å². The van der Waals surface area contributed by atoms with Crippen LogP contribution in [0.3, 0.4) is 0 Å². The van der Waals surface area contributed by atoms with Crippen molar-refractivity contribution < 1.29 is 10.0 Å². The third kappa shape index (κ3) is 4.82. The number of nitrogens with zero attached hydrogens (tertiary/aromatic N) is 1. The second kappa shape index (κ2) is 8.65. The minimum atomic E-state index is -0.569. The van der Waals surface area contributed by atoms with Crippen molar-refractivity contribution in [3.8, 4) is 11.1 Å². The number of carbonyl (C=O) groups excluding carboxylic acids is 1. The van der Waals surface area contributed by atoms with E-state index < -0.39 is 6.03 Å². The molecule has 3 aromatic rings. The number of nitrogens with one attached hydrogen (secondary N) is 1. The second-order valence-corrected chi connectivity index (χ2v) is 5.77. The number of benzene rings is 3. The highest BCUT2D eigenvalue weighted by atomic mass is 16.5. The molecular formula is C22H20N2O2. The maximum absolute atomic E-state index is 11.9. The monoisotopic (exact) mass is 344 g/mol. The molecule has 130 valence electrons. The van der Waals surface area contributed by atoms with Crippen molar-refractivity contribution in [2.45, 2.75) is 0 Å². The van der Waals surface area contributed by atoms with E-state index >= 15 is 0 Å². The molecule has 0 saturated heterocycles. The van der Waals surface area contributed by atoms with Crippen LogP contribution in [0.4, 0.5) is 10.5 Å². The molecule has 3 rings (SSSR count). The molecule has 0 aliphatic carbocycles. The number of carbonyl (C=O) groups is 1. The van der Waals surface area contributed by atoms with Crippen molar-refractivity contribution in [3.05, 3.63) is 96.6 Å². The van der Waals surface area contributed by atoms with E-state index in [0.717, 1.165) is 11.1 Å². The summed E-state index contributed by atoms with van der Waals surface area (Å²) in [4.78, 5) is 11.9. The van der Waals surface area contributed by atoms with E-state index in [9.17, 15) is 10.0 Å². The Bertz CT molecular complexity index is 860. The van der Waals surface area contributed by atoms with E-state index in [2.05, 4.69) is 17.4 Å². The van der Waals surface area contributed by atoms with Crippen LogP contribution in [0, 0.1) is 0 Å². The van der Waals surface area contributed by atoms with Gasteiger partial charge in [0.15, 0.2) is 0 Å². The van der Waals surface area contributed by atoms with E-state index in [0.29, 0.717) is 10.8 Å². The van der Waals surface area contributed by atoms with Crippen LogP contribution in [0.15, 0.2) is 91.0 Å². The molecule has 0 aliphatic rings. The van der Waals surface area contributed by atoms with Crippen LogP contribution in [0.25, 0.3) is 17.2 Å². The highest BCUT2D eigenvalue weighted by molar-refractivity contribution is 5.88. The molecule has 26 heavy (non-hydrogen) atoms. The maximum Gasteiger partial charge on any atom is 0.345 e. The summed E-state index contributed by atoms with van der Waals surface area (Å²) in [5.41, 5.74) is 3.95. The van der Waals surface area contributed by atoms with E-state index in [-0.39, 0.29) is 6.54 Å². The molecule has 0 aliphatic heterocycles. The average molecular weight is 344 g/mol. The number of para-hydroxylation sites is 1. The van der Waals surface area contributed by atoms with Gasteiger partial charge in [-0.2, -0.15) is 0 Å². The van der Waals surface area contributed by atoms with Gasteiger partial charge in [-0.15, -0.1) is 0 Å². The molecule has 3 aromatic carbocycles. The second-order valence-electron chi connectivity index (χ2n) is 5.77. The Hall–Kier alpha value is -3.37. The van der Waals surface area contributed by atoms with Crippen LogP contribution in [0.1, 0.15) is 5.56 Å². The van der Waals surface area contributed by atoms with E-state index in [1.165, 1.54) is 5.56 Å². The molecule has 0 spiro atoms. The predicted octanol–water partition coefficient (Wildman–Crippen LogP) is 5.29. The lowest BCUT2D eigenvalue weighted by atomic mass is 10.0. The summed E-state index contributed by atoms with van der Waals surface area (Å²) in [6, 6.07) is 26.7. The highest BCUT2D eigenvalue weighted by Gasteiger charge is 2.08. The molecule has 0 fully saturated rings. The fraction of sp³-hybridized carbons (Fsp3) is 0.0455. The molecule has 0 heterocycles. The maximum atomic E-state index is 11.9. The van der Waals surface area contributed by atoms with Gasteiger partial charge in [0.1, 0.15) is 0 Å². The molecule has 0 saturated carbocycles. The SMILES string of the molecule is O=C(Nc1ccccc1)N(O)CC=Cc1ccc(-c2ccccc2)cc1.